The Hall–Kier alpha value is -2.62. The Labute approximate surface area is 130 Å². The second-order valence-corrected chi connectivity index (χ2v) is 5.06. The van der Waals surface area contributed by atoms with Crippen molar-refractivity contribution in [3.05, 3.63) is 53.6 Å². The zero-order chi connectivity index (χ0) is 16.1. The van der Waals surface area contributed by atoms with E-state index in [4.69, 9.17) is 4.74 Å². The predicted octanol–water partition coefficient (Wildman–Crippen LogP) is 3.80. The number of esters is 1. The van der Waals surface area contributed by atoms with E-state index in [1.165, 1.54) is 7.11 Å². The van der Waals surface area contributed by atoms with Gasteiger partial charge < -0.3 is 10.1 Å². The molecule has 1 amide bonds. The first-order valence-electron chi connectivity index (χ1n) is 7.13. The molecule has 0 heterocycles. The standard InChI is InChI=1S/C18H19NO3/c1-4-17(20)19-16-10-14(9-15(11-16)18(21)22-3)13-7-5-12(2)6-8-13/h5-11H,4H2,1-3H3,(H,19,20). The maximum atomic E-state index is 11.8. The van der Waals surface area contributed by atoms with E-state index < -0.39 is 5.97 Å². The molecule has 4 nitrogen and oxygen atoms in total. The van der Waals surface area contributed by atoms with Crippen molar-refractivity contribution in [3.8, 4) is 11.1 Å². The summed E-state index contributed by atoms with van der Waals surface area (Å²) in [6.07, 6.45) is 0.377. The topological polar surface area (TPSA) is 55.4 Å². The number of nitrogens with one attached hydrogen (secondary N) is 1. The third kappa shape index (κ3) is 3.73. The molecule has 2 aromatic carbocycles. The van der Waals surface area contributed by atoms with E-state index in [9.17, 15) is 9.59 Å². The number of ether oxygens (including phenoxy) is 1. The Morgan fingerprint density at radius 2 is 1.73 bits per heavy atom. The number of carbonyl (C=O) groups is 2. The Morgan fingerprint density at radius 1 is 1.05 bits per heavy atom. The highest BCUT2D eigenvalue weighted by atomic mass is 16.5. The molecule has 4 heteroatoms. The fourth-order valence-corrected chi connectivity index (χ4v) is 2.10. The van der Waals surface area contributed by atoms with Crippen molar-refractivity contribution in [2.24, 2.45) is 0 Å². The lowest BCUT2D eigenvalue weighted by atomic mass is 10.0. The summed E-state index contributed by atoms with van der Waals surface area (Å²) in [7, 11) is 1.34. The second kappa shape index (κ2) is 6.89. The molecule has 0 radical (unpaired) electrons. The summed E-state index contributed by atoms with van der Waals surface area (Å²) in [6.45, 7) is 3.79. The van der Waals surface area contributed by atoms with Gasteiger partial charge in [-0.3, -0.25) is 4.79 Å². The molecule has 0 spiro atoms. The quantitative estimate of drug-likeness (QED) is 0.873. The van der Waals surface area contributed by atoms with Crippen molar-refractivity contribution in [3.63, 3.8) is 0 Å². The monoisotopic (exact) mass is 297 g/mol. The van der Waals surface area contributed by atoms with Crippen LogP contribution < -0.4 is 5.32 Å². The van der Waals surface area contributed by atoms with Gasteiger partial charge in [0.1, 0.15) is 0 Å². The number of anilines is 1. The van der Waals surface area contributed by atoms with Crippen LogP contribution in [0.25, 0.3) is 11.1 Å². The van der Waals surface area contributed by atoms with Gasteiger partial charge in [0.2, 0.25) is 5.91 Å². The van der Waals surface area contributed by atoms with Crippen molar-refractivity contribution in [1.82, 2.24) is 0 Å². The summed E-state index contributed by atoms with van der Waals surface area (Å²) in [5.74, 6) is -0.530. The molecule has 0 saturated heterocycles. The Kier molecular flexibility index (Phi) is 4.94. The number of hydrogen-bond acceptors (Lipinski definition) is 3. The van der Waals surface area contributed by atoms with Gasteiger partial charge in [-0.05, 0) is 36.2 Å². The Balaban J connectivity index is 2.47. The molecule has 22 heavy (non-hydrogen) atoms. The average molecular weight is 297 g/mol. The molecule has 0 saturated carbocycles. The van der Waals surface area contributed by atoms with Crippen LogP contribution in [-0.2, 0) is 9.53 Å². The van der Waals surface area contributed by atoms with Gasteiger partial charge in [0.05, 0.1) is 12.7 Å². The van der Waals surface area contributed by atoms with Gasteiger partial charge in [0.15, 0.2) is 0 Å². The first-order chi connectivity index (χ1) is 10.5. The van der Waals surface area contributed by atoms with Crippen LogP contribution in [0.2, 0.25) is 0 Å². The molecule has 0 unspecified atom stereocenters. The summed E-state index contributed by atoms with van der Waals surface area (Å²) in [5.41, 5.74) is 3.99. The van der Waals surface area contributed by atoms with Crippen LogP contribution in [0.15, 0.2) is 42.5 Å². The maximum Gasteiger partial charge on any atom is 0.337 e. The minimum atomic E-state index is -0.430. The van der Waals surface area contributed by atoms with Crippen molar-refractivity contribution in [2.75, 3.05) is 12.4 Å². The number of aryl methyl sites for hydroxylation is 1. The molecule has 0 aliphatic heterocycles. The maximum absolute atomic E-state index is 11.8. The first-order valence-corrected chi connectivity index (χ1v) is 7.13. The number of hydrogen-bond donors (Lipinski definition) is 1. The van der Waals surface area contributed by atoms with Crippen molar-refractivity contribution < 1.29 is 14.3 Å². The highest BCUT2D eigenvalue weighted by Crippen LogP contribution is 2.26. The summed E-state index contributed by atoms with van der Waals surface area (Å²) in [6, 6.07) is 13.2. The zero-order valence-electron chi connectivity index (χ0n) is 13.0. The van der Waals surface area contributed by atoms with Crippen molar-refractivity contribution in [2.45, 2.75) is 20.3 Å². The lowest BCUT2D eigenvalue weighted by Gasteiger charge is -2.10. The van der Waals surface area contributed by atoms with Gasteiger partial charge in [-0.25, -0.2) is 4.79 Å². The van der Waals surface area contributed by atoms with Gasteiger partial charge in [0.25, 0.3) is 0 Å². The van der Waals surface area contributed by atoms with E-state index in [-0.39, 0.29) is 5.91 Å². The average Bonchev–Trinajstić information content (AvgIpc) is 2.54. The molecule has 0 bridgehead atoms. The van der Waals surface area contributed by atoms with Gasteiger partial charge in [-0.1, -0.05) is 36.8 Å². The van der Waals surface area contributed by atoms with Crippen LogP contribution >= 0.6 is 0 Å². The molecular formula is C18H19NO3. The molecule has 0 atom stereocenters. The van der Waals surface area contributed by atoms with E-state index >= 15 is 0 Å². The minimum Gasteiger partial charge on any atom is -0.465 e. The van der Waals surface area contributed by atoms with Crippen LogP contribution in [0, 0.1) is 6.92 Å². The molecule has 114 valence electrons. The van der Waals surface area contributed by atoms with Gasteiger partial charge in [0, 0.05) is 12.1 Å². The smallest absolute Gasteiger partial charge is 0.337 e. The molecule has 0 aromatic heterocycles. The molecule has 0 aliphatic rings. The predicted molar refractivity (Wildman–Crippen MR) is 86.9 cm³/mol. The summed E-state index contributed by atoms with van der Waals surface area (Å²) < 4.78 is 4.78. The van der Waals surface area contributed by atoms with Crippen LogP contribution in [0.5, 0.6) is 0 Å². The molecule has 1 N–H and O–H groups in total. The van der Waals surface area contributed by atoms with E-state index in [0.29, 0.717) is 17.7 Å². The van der Waals surface area contributed by atoms with Crippen LogP contribution in [0.4, 0.5) is 5.69 Å². The zero-order valence-corrected chi connectivity index (χ0v) is 13.0. The van der Waals surface area contributed by atoms with E-state index in [0.717, 1.165) is 16.7 Å². The summed E-state index contributed by atoms with van der Waals surface area (Å²) in [5, 5.41) is 2.79. The first kappa shape index (κ1) is 15.8. The number of amides is 1. The fourth-order valence-electron chi connectivity index (χ4n) is 2.10. The number of carbonyl (C=O) groups excluding carboxylic acids is 2. The van der Waals surface area contributed by atoms with Crippen LogP contribution in [0.3, 0.4) is 0 Å². The molecule has 2 aromatic rings. The third-order valence-corrected chi connectivity index (χ3v) is 3.34. The van der Waals surface area contributed by atoms with Gasteiger partial charge >= 0.3 is 5.97 Å². The minimum absolute atomic E-state index is 0.100. The number of rotatable bonds is 4. The molecule has 2 rings (SSSR count). The molecule has 0 fully saturated rings. The number of methoxy groups -OCH3 is 1. The highest BCUT2D eigenvalue weighted by molar-refractivity contribution is 5.96. The lowest BCUT2D eigenvalue weighted by molar-refractivity contribution is -0.115. The molecular weight excluding hydrogens is 278 g/mol. The second-order valence-electron chi connectivity index (χ2n) is 5.06. The fraction of sp³-hybridized carbons (Fsp3) is 0.222. The summed E-state index contributed by atoms with van der Waals surface area (Å²) >= 11 is 0. The Bertz CT molecular complexity index is 690. The molecule has 0 aliphatic carbocycles. The highest BCUT2D eigenvalue weighted by Gasteiger charge is 2.11. The van der Waals surface area contributed by atoms with E-state index in [1.807, 2.05) is 37.3 Å². The summed E-state index contributed by atoms with van der Waals surface area (Å²) in [4.78, 5) is 23.4. The van der Waals surface area contributed by atoms with Crippen LogP contribution in [-0.4, -0.2) is 19.0 Å². The van der Waals surface area contributed by atoms with Crippen molar-refractivity contribution in [1.29, 1.82) is 0 Å². The Morgan fingerprint density at radius 3 is 2.32 bits per heavy atom. The van der Waals surface area contributed by atoms with Crippen LogP contribution in [0.1, 0.15) is 29.3 Å². The van der Waals surface area contributed by atoms with Gasteiger partial charge in [-0.15, -0.1) is 0 Å². The number of benzene rings is 2. The van der Waals surface area contributed by atoms with E-state index in [2.05, 4.69) is 5.32 Å². The largest absolute Gasteiger partial charge is 0.465 e. The van der Waals surface area contributed by atoms with E-state index in [1.54, 1.807) is 19.1 Å². The lowest BCUT2D eigenvalue weighted by Crippen LogP contribution is -2.11. The SMILES string of the molecule is CCC(=O)Nc1cc(C(=O)OC)cc(-c2ccc(C)cc2)c1. The third-order valence-electron chi connectivity index (χ3n) is 3.34. The van der Waals surface area contributed by atoms with Gasteiger partial charge in [-0.2, -0.15) is 0 Å². The van der Waals surface area contributed by atoms with Crippen molar-refractivity contribution >= 4 is 17.6 Å². The normalized spacial score (nSPS) is 10.1.